The molecule has 3 aliphatic rings. The van der Waals surface area contributed by atoms with Crippen molar-refractivity contribution in [2.45, 2.75) is 89.1 Å². The summed E-state index contributed by atoms with van der Waals surface area (Å²) >= 11 is 0. The highest BCUT2D eigenvalue weighted by molar-refractivity contribution is 6.02. The maximum Gasteiger partial charge on any atom is 0.409 e. The number of oxime groups is 1. The van der Waals surface area contributed by atoms with Crippen LogP contribution in [0.3, 0.4) is 0 Å². The minimum Gasteiger partial charge on any atom is -0.508 e. The highest BCUT2D eigenvalue weighted by atomic mass is 16.7. The molecule has 3 N–H and O–H groups in total. The summed E-state index contributed by atoms with van der Waals surface area (Å²) in [5.74, 6) is -0.985. The normalized spacial score (nSPS) is 28.3. The van der Waals surface area contributed by atoms with Crippen molar-refractivity contribution in [3.63, 3.8) is 0 Å². The number of amides is 1. The molecule has 6 unspecified atom stereocenters. The third kappa shape index (κ3) is 6.92. The Bertz CT molecular complexity index is 1220. The fourth-order valence-electron chi connectivity index (χ4n) is 7.20. The molecule has 2 aliphatic carbocycles. The molecule has 0 bridgehead atoms. The van der Waals surface area contributed by atoms with E-state index in [1.807, 2.05) is 20.8 Å². The van der Waals surface area contributed by atoms with Gasteiger partial charge in [-0.05, 0) is 82.1 Å². The van der Waals surface area contributed by atoms with E-state index in [-0.39, 0.29) is 43.3 Å². The molecular formula is C34H50N2O8. The molecule has 1 amide bonds. The molecule has 1 heterocycles. The number of hydrogen-bond acceptors (Lipinski definition) is 9. The number of fused-ring (bicyclic) bond motifs is 2. The Labute approximate surface area is 261 Å². The van der Waals surface area contributed by atoms with E-state index in [2.05, 4.69) is 12.7 Å². The molecule has 0 radical (unpaired) electrons. The van der Waals surface area contributed by atoms with Gasteiger partial charge in [-0.1, -0.05) is 30.1 Å². The molecule has 1 aromatic carbocycles. The number of ether oxygens (including phenoxy) is 3. The van der Waals surface area contributed by atoms with E-state index in [0.717, 1.165) is 36.8 Å². The average molecular weight is 615 g/mol. The number of unbranched alkanes of at least 4 members (excludes halogenated alkanes) is 2. The summed E-state index contributed by atoms with van der Waals surface area (Å²) in [4.78, 5) is 20.6. The molecule has 0 spiro atoms. The van der Waals surface area contributed by atoms with Crippen LogP contribution in [0.4, 0.5) is 4.79 Å². The molecule has 10 nitrogen and oxygen atoms in total. The minimum atomic E-state index is -1.33. The third-order valence-corrected chi connectivity index (χ3v) is 9.02. The zero-order valence-corrected chi connectivity index (χ0v) is 26.8. The van der Waals surface area contributed by atoms with Crippen LogP contribution in [0.15, 0.2) is 47.7 Å². The monoisotopic (exact) mass is 614 g/mol. The lowest BCUT2D eigenvalue weighted by Gasteiger charge is -2.59. The van der Waals surface area contributed by atoms with Crippen molar-refractivity contribution in [2.24, 2.45) is 22.9 Å². The van der Waals surface area contributed by atoms with Gasteiger partial charge in [-0.3, -0.25) is 0 Å². The van der Waals surface area contributed by atoms with Crippen LogP contribution in [0.2, 0.25) is 0 Å². The van der Waals surface area contributed by atoms with Gasteiger partial charge >= 0.3 is 6.09 Å². The van der Waals surface area contributed by atoms with Gasteiger partial charge < -0.3 is 39.3 Å². The zero-order valence-electron chi connectivity index (χ0n) is 26.8. The Morgan fingerprint density at radius 1 is 1.18 bits per heavy atom. The Morgan fingerprint density at radius 3 is 2.52 bits per heavy atom. The lowest BCUT2D eigenvalue weighted by Crippen LogP contribution is -2.69. The standard InChI is InChI=1S/C34H50N2O8/c1-7-18-42-34-29(36(5)32(40)41-6)21-27(35-44-33(2,3)4)25-19-22(12-8-10-16-37)24(13-9-11-17-38)30(31(25)34)26-20-23(39)14-15-28(26)43-34/h7,14-15,19-20,22,24,29-31,37-39H,1,8-13,16-18,21H2,2-6H3. The summed E-state index contributed by atoms with van der Waals surface area (Å²) in [5.41, 5.74) is 1.98. The van der Waals surface area contributed by atoms with Crippen molar-refractivity contribution in [1.82, 2.24) is 4.90 Å². The first-order chi connectivity index (χ1) is 21.0. The largest absolute Gasteiger partial charge is 0.508 e. The summed E-state index contributed by atoms with van der Waals surface area (Å²) < 4.78 is 18.8. The first-order valence-corrected chi connectivity index (χ1v) is 15.8. The van der Waals surface area contributed by atoms with Crippen molar-refractivity contribution >= 4 is 11.8 Å². The van der Waals surface area contributed by atoms with E-state index in [4.69, 9.17) is 24.2 Å². The number of rotatable bonds is 13. The van der Waals surface area contributed by atoms with Gasteiger partial charge in [0, 0.05) is 38.2 Å². The summed E-state index contributed by atoms with van der Waals surface area (Å²) in [7, 11) is 3.02. The van der Waals surface area contributed by atoms with Crippen LogP contribution in [-0.2, 0) is 14.3 Å². The number of aliphatic hydroxyl groups excluding tert-OH is 2. The summed E-state index contributed by atoms with van der Waals surface area (Å²) in [5, 5.41) is 34.7. The van der Waals surface area contributed by atoms with Crippen LogP contribution in [0.25, 0.3) is 0 Å². The zero-order chi connectivity index (χ0) is 32.1. The van der Waals surface area contributed by atoms with Crippen LogP contribution in [0, 0.1) is 17.8 Å². The lowest BCUT2D eigenvalue weighted by molar-refractivity contribution is -0.253. The Balaban J connectivity index is 2.01. The quantitative estimate of drug-likeness (QED) is 0.150. The topological polar surface area (TPSA) is 130 Å². The van der Waals surface area contributed by atoms with Gasteiger partial charge in [0.2, 0.25) is 5.79 Å². The third-order valence-electron chi connectivity index (χ3n) is 9.02. The fourth-order valence-corrected chi connectivity index (χ4v) is 7.20. The number of nitrogens with zero attached hydrogens (tertiary/aromatic N) is 2. The highest BCUT2D eigenvalue weighted by Gasteiger charge is 2.65. The Kier molecular flexibility index (Phi) is 11.0. The minimum absolute atomic E-state index is 0.0946. The SMILES string of the molecule is C=CCOC12Oc3ccc(O)cc3C3C(CCCCO)C(CCCCO)C=C(C(=NOC(C)(C)C)CC1N(C)C(=O)OC)C32. The van der Waals surface area contributed by atoms with Gasteiger partial charge in [0.15, 0.2) is 0 Å². The van der Waals surface area contributed by atoms with Gasteiger partial charge in [0.05, 0.1) is 25.3 Å². The number of aromatic hydroxyl groups is 1. The molecule has 244 valence electrons. The molecule has 1 fully saturated rings. The first kappa shape index (κ1) is 33.8. The van der Waals surface area contributed by atoms with Crippen molar-refractivity contribution in [2.75, 3.05) is 34.0 Å². The van der Waals surface area contributed by atoms with Crippen molar-refractivity contribution in [3.05, 3.63) is 48.1 Å². The van der Waals surface area contributed by atoms with E-state index < -0.39 is 29.4 Å². The molecule has 10 heteroatoms. The predicted octanol–water partition coefficient (Wildman–Crippen LogP) is 5.52. The van der Waals surface area contributed by atoms with Gasteiger partial charge in [0.1, 0.15) is 23.1 Å². The van der Waals surface area contributed by atoms with Crippen LogP contribution in [0.5, 0.6) is 11.5 Å². The maximum absolute atomic E-state index is 13.1. The van der Waals surface area contributed by atoms with Crippen LogP contribution < -0.4 is 4.74 Å². The fraction of sp³-hybridized carbons (Fsp3) is 0.647. The second-order valence-corrected chi connectivity index (χ2v) is 13.1. The second kappa shape index (κ2) is 14.3. The van der Waals surface area contributed by atoms with Gasteiger partial charge in [-0.15, -0.1) is 6.58 Å². The molecule has 1 aromatic rings. The number of carbonyl (C=O) groups is 1. The first-order valence-electron chi connectivity index (χ1n) is 15.8. The van der Waals surface area contributed by atoms with Crippen LogP contribution in [0.1, 0.15) is 77.2 Å². The van der Waals surface area contributed by atoms with Gasteiger partial charge in [-0.25, -0.2) is 4.79 Å². The molecule has 1 saturated carbocycles. The average Bonchev–Trinajstić information content (AvgIpc) is 2.99. The number of phenols is 1. The van der Waals surface area contributed by atoms with E-state index in [1.54, 1.807) is 31.3 Å². The maximum atomic E-state index is 13.1. The Morgan fingerprint density at radius 2 is 1.89 bits per heavy atom. The molecular weight excluding hydrogens is 564 g/mol. The number of allylic oxidation sites excluding steroid dienone is 1. The van der Waals surface area contributed by atoms with E-state index in [9.17, 15) is 20.1 Å². The number of carbonyl (C=O) groups excluding carboxylic acids is 1. The van der Waals surface area contributed by atoms with Gasteiger partial charge in [-0.2, -0.15) is 0 Å². The number of benzene rings is 1. The summed E-state index contributed by atoms with van der Waals surface area (Å²) in [6.45, 7) is 10.1. The van der Waals surface area contributed by atoms with Crippen molar-refractivity contribution in [1.29, 1.82) is 0 Å². The number of hydrogen-bond donors (Lipinski definition) is 3. The van der Waals surface area contributed by atoms with E-state index in [0.29, 0.717) is 30.7 Å². The molecule has 1 aliphatic heterocycles. The molecule has 0 saturated heterocycles. The smallest absolute Gasteiger partial charge is 0.409 e. The highest BCUT2D eigenvalue weighted by Crippen LogP contribution is 2.61. The number of methoxy groups -OCH3 is 1. The van der Waals surface area contributed by atoms with E-state index in [1.165, 1.54) is 12.0 Å². The summed E-state index contributed by atoms with van der Waals surface area (Å²) in [6, 6.07) is 4.50. The van der Waals surface area contributed by atoms with Crippen LogP contribution in [-0.4, -0.2) is 83.4 Å². The van der Waals surface area contributed by atoms with E-state index >= 15 is 0 Å². The van der Waals surface area contributed by atoms with Gasteiger partial charge in [0.25, 0.3) is 0 Å². The number of likely N-dealkylation sites (N-methyl/N-ethyl adjacent to an activating group) is 1. The molecule has 6 atom stereocenters. The van der Waals surface area contributed by atoms with Crippen molar-refractivity contribution in [3.8, 4) is 11.5 Å². The predicted molar refractivity (Wildman–Crippen MR) is 168 cm³/mol. The van der Waals surface area contributed by atoms with Crippen LogP contribution >= 0.6 is 0 Å². The molecule has 0 aromatic heterocycles. The Hall–Kier alpha value is -3.08. The molecule has 4 rings (SSSR count). The number of aliphatic hydroxyl groups is 2. The summed E-state index contributed by atoms with van der Waals surface area (Å²) in [6.07, 6.45) is 8.43. The second-order valence-electron chi connectivity index (χ2n) is 13.1. The lowest BCUT2D eigenvalue weighted by atomic mass is 9.55. The number of phenolic OH excluding ortho intramolecular Hbond substituents is 1. The molecule has 44 heavy (non-hydrogen) atoms. The van der Waals surface area contributed by atoms with Crippen molar-refractivity contribution < 1.29 is 39.2 Å².